The molecule has 0 amide bonds. The van der Waals surface area contributed by atoms with Gasteiger partial charge in [-0.2, -0.15) is 5.26 Å². The van der Waals surface area contributed by atoms with Crippen molar-refractivity contribution in [2.24, 2.45) is 0 Å². The van der Waals surface area contributed by atoms with Gasteiger partial charge < -0.3 is 15.2 Å². The molecule has 0 saturated heterocycles. The minimum atomic E-state index is -1.30. The molecule has 0 unspecified atom stereocenters. The number of hydrogen-bond acceptors (Lipinski definition) is 4. The molecule has 0 aliphatic heterocycles. The second-order valence-corrected chi connectivity index (χ2v) is 2.48. The Bertz CT molecular complexity index is 469. The third-order valence-corrected chi connectivity index (χ3v) is 1.63. The van der Waals surface area contributed by atoms with Gasteiger partial charge in [0.25, 0.3) is 5.56 Å². The molecule has 1 aromatic rings. The van der Waals surface area contributed by atoms with Gasteiger partial charge in [0, 0.05) is 0 Å². The minimum absolute atomic E-state index is 0.110. The van der Waals surface area contributed by atoms with Crippen LogP contribution in [0.5, 0.6) is 0 Å². The Morgan fingerprint density at radius 2 is 2.29 bits per heavy atom. The van der Waals surface area contributed by atoms with Gasteiger partial charge in [0.05, 0.1) is 17.9 Å². The molecule has 0 radical (unpaired) electrons. The van der Waals surface area contributed by atoms with Crippen LogP contribution in [-0.2, 0) is 6.61 Å². The second-order valence-electron chi connectivity index (χ2n) is 2.48. The number of nitrogens with one attached hydrogen (secondary N) is 1. The number of hydrogen-bond donors (Lipinski definition) is 3. The molecule has 0 fully saturated rings. The average Bonchev–Trinajstić information content (AvgIpc) is 2.16. The van der Waals surface area contributed by atoms with E-state index in [1.165, 1.54) is 0 Å². The third-order valence-electron chi connectivity index (χ3n) is 1.63. The van der Waals surface area contributed by atoms with Crippen LogP contribution in [0.25, 0.3) is 0 Å². The molecule has 0 atom stereocenters. The lowest BCUT2D eigenvalue weighted by Crippen LogP contribution is -2.17. The summed E-state index contributed by atoms with van der Waals surface area (Å²) in [5, 5.41) is 25.9. The zero-order valence-electron chi connectivity index (χ0n) is 6.94. The zero-order chi connectivity index (χ0) is 10.7. The highest BCUT2D eigenvalue weighted by atomic mass is 16.4. The summed E-state index contributed by atoms with van der Waals surface area (Å²) in [6.45, 7) is -0.595. The van der Waals surface area contributed by atoms with E-state index in [0.717, 1.165) is 6.07 Å². The highest BCUT2D eigenvalue weighted by Crippen LogP contribution is 2.05. The predicted molar refractivity (Wildman–Crippen MR) is 44.7 cm³/mol. The molecule has 0 aliphatic rings. The summed E-state index contributed by atoms with van der Waals surface area (Å²) in [6, 6.07) is 2.49. The predicted octanol–water partition coefficient (Wildman–Crippen LogP) is -0.563. The van der Waals surface area contributed by atoms with Gasteiger partial charge in [-0.1, -0.05) is 0 Å². The Labute approximate surface area is 78.0 Å². The molecule has 0 saturated carbocycles. The maximum absolute atomic E-state index is 11.0. The number of aliphatic hydroxyl groups is 1. The number of carboxylic acids is 1. The van der Waals surface area contributed by atoms with E-state index in [0.29, 0.717) is 0 Å². The molecular formula is C8H6N2O4. The fourth-order valence-electron chi connectivity index (χ4n) is 0.967. The van der Waals surface area contributed by atoms with Crippen molar-refractivity contribution < 1.29 is 15.0 Å². The van der Waals surface area contributed by atoms with Crippen LogP contribution in [0.4, 0.5) is 0 Å². The number of aromatic carboxylic acids is 1. The van der Waals surface area contributed by atoms with Crippen molar-refractivity contribution >= 4 is 5.97 Å². The molecule has 0 aliphatic carbocycles. The highest BCUT2D eigenvalue weighted by Gasteiger charge is 2.13. The van der Waals surface area contributed by atoms with Gasteiger partial charge in [-0.15, -0.1) is 0 Å². The van der Waals surface area contributed by atoms with Gasteiger partial charge in [-0.3, -0.25) is 4.79 Å². The van der Waals surface area contributed by atoms with E-state index < -0.39 is 18.1 Å². The average molecular weight is 194 g/mol. The maximum atomic E-state index is 11.0. The normalized spacial score (nSPS) is 9.43. The SMILES string of the molecule is N#Cc1cc(C(=O)O)c(CO)[nH]c1=O. The van der Waals surface area contributed by atoms with Crippen LogP contribution in [0.2, 0.25) is 0 Å². The van der Waals surface area contributed by atoms with E-state index in [1.807, 2.05) is 0 Å². The van der Waals surface area contributed by atoms with E-state index in [1.54, 1.807) is 6.07 Å². The summed E-state index contributed by atoms with van der Waals surface area (Å²) >= 11 is 0. The molecule has 6 heteroatoms. The minimum Gasteiger partial charge on any atom is -0.478 e. The number of nitrogens with zero attached hydrogens (tertiary/aromatic N) is 1. The van der Waals surface area contributed by atoms with E-state index in [4.69, 9.17) is 15.5 Å². The topological polar surface area (TPSA) is 114 Å². The van der Waals surface area contributed by atoms with Crippen molar-refractivity contribution in [2.75, 3.05) is 0 Å². The van der Waals surface area contributed by atoms with Gasteiger partial charge in [-0.05, 0) is 6.07 Å². The van der Waals surface area contributed by atoms with Crippen LogP contribution in [0.3, 0.4) is 0 Å². The molecule has 14 heavy (non-hydrogen) atoms. The van der Waals surface area contributed by atoms with E-state index in [9.17, 15) is 9.59 Å². The van der Waals surface area contributed by atoms with Crippen molar-refractivity contribution in [3.8, 4) is 6.07 Å². The molecule has 0 aromatic carbocycles. The van der Waals surface area contributed by atoms with Crippen LogP contribution in [0, 0.1) is 11.3 Å². The number of aromatic nitrogens is 1. The monoisotopic (exact) mass is 194 g/mol. The Morgan fingerprint density at radius 1 is 1.64 bits per heavy atom. The molecule has 1 heterocycles. The van der Waals surface area contributed by atoms with Crippen molar-refractivity contribution in [1.29, 1.82) is 5.26 Å². The van der Waals surface area contributed by atoms with Gasteiger partial charge in [-0.25, -0.2) is 4.79 Å². The fourth-order valence-corrected chi connectivity index (χ4v) is 0.967. The fraction of sp³-hybridized carbons (Fsp3) is 0.125. The number of aromatic amines is 1. The van der Waals surface area contributed by atoms with Crippen LogP contribution in [0.1, 0.15) is 21.6 Å². The summed E-state index contributed by atoms with van der Waals surface area (Å²) in [7, 11) is 0. The van der Waals surface area contributed by atoms with Crippen LogP contribution in [0.15, 0.2) is 10.9 Å². The van der Waals surface area contributed by atoms with Gasteiger partial charge >= 0.3 is 5.97 Å². The summed E-state index contributed by atoms with van der Waals surface area (Å²) in [6.07, 6.45) is 0. The first-order valence-electron chi connectivity index (χ1n) is 3.60. The van der Waals surface area contributed by atoms with E-state index >= 15 is 0 Å². The van der Waals surface area contributed by atoms with Crippen molar-refractivity contribution in [1.82, 2.24) is 4.98 Å². The molecular weight excluding hydrogens is 188 g/mol. The summed E-state index contributed by atoms with van der Waals surface area (Å²) in [5.74, 6) is -1.30. The Hall–Kier alpha value is -2.13. The van der Waals surface area contributed by atoms with Gasteiger partial charge in [0.1, 0.15) is 11.6 Å². The maximum Gasteiger partial charge on any atom is 0.337 e. The lowest BCUT2D eigenvalue weighted by molar-refractivity contribution is 0.0692. The van der Waals surface area contributed by atoms with Crippen molar-refractivity contribution in [3.63, 3.8) is 0 Å². The summed E-state index contributed by atoms with van der Waals surface area (Å²) in [5.41, 5.74) is -1.38. The second kappa shape index (κ2) is 3.72. The first-order chi connectivity index (χ1) is 6.60. The van der Waals surface area contributed by atoms with Crippen LogP contribution < -0.4 is 5.56 Å². The first-order valence-corrected chi connectivity index (χ1v) is 3.60. The highest BCUT2D eigenvalue weighted by molar-refractivity contribution is 5.89. The number of H-pyrrole nitrogens is 1. The lowest BCUT2D eigenvalue weighted by atomic mass is 10.1. The Kier molecular flexibility index (Phi) is 2.65. The first kappa shape index (κ1) is 9.95. The van der Waals surface area contributed by atoms with Crippen molar-refractivity contribution in [2.45, 2.75) is 6.61 Å². The third kappa shape index (κ3) is 1.62. The Morgan fingerprint density at radius 3 is 2.71 bits per heavy atom. The summed E-state index contributed by atoms with van der Waals surface area (Å²) in [4.78, 5) is 23.8. The number of nitriles is 1. The number of rotatable bonds is 2. The molecule has 3 N–H and O–H groups in total. The molecule has 1 rings (SSSR count). The van der Waals surface area contributed by atoms with E-state index in [2.05, 4.69) is 4.98 Å². The van der Waals surface area contributed by atoms with Crippen LogP contribution >= 0.6 is 0 Å². The molecule has 1 aromatic heterocycles. The lowest BCUT2D eigenvalue weighted by Gasteiger charge is -2.01. The quantitative estimate of drug-likeness (QED) is 0.583. The Balaban J connectivity index is 3.50. The van der Waals surface area contributed by atoms with Crippen LogP contribution in [-0.4, -0.2) is 21.2 Å². The van der Waals surface area contributed by atoms with Crippen molar-refractivity contribution in [3.05, 3.63) is 33.2 Å². The number of carbonyl (C=O) groups is 1. The smallest absolute Gasteiger partial charge is 0.337 e. The molecule has 0 spiro atoms. The zero-order valence-corrected chi connectivity index (χ0v) is 6.94. The number of carboxylic acid groups (broad SMARTS) is 1. The number of pyridine rings is 1. The molecule has 0 bridgehead atoms. The van der Waals surface area contributed by atoms with Gasteiger partial charge in [0.15, 0.2) is 0 Å². The molecule has 72 valence electrons. The van der Waals surface area contributed by atoms with Gasteiger partial charge in [0.2, 0.25) is 0 Å². The molecule has 6 nitrogen and oxygen atoms in total. The largest absolute Gasteiger partial charge is 0.478 e. The standard InChI is InChI=1S/C8H6N2O4/c9-2-4-1-5(8(13)14)6(3-11)10-7(4)12/h1,11H,3H2,(H,10,12)(H,13,14). The van der Waals surface area contributed by atoms with E-state index in [-0.39, 0.29) is 16.8 Å². The summed E-state index contributed by atoms with van der Waals surface area (Å²) < 4.78 is 0. The number of aliphatic hydroxyl groups excluding tert-OH is 1.